The zero-order chi connectivity index (χ0) is 19.1. The molecule has 0 unspecified atom stereocenters. The molecule has 6 heteroatoms. The smallest absolute Gasteiger partial charge is 0.255 e. The van der Waals surface area contributed by atoms with Gasteiger partial charge in [-0.05, 0) is 54.1 Å². The summed E-state index contributed by atoms with van der Waals surface area (Å²) in [6.07, 6.45) is 1.63. The summed E-state index contributed by atoms with van der Waals surface area (Å²) in [5, 5.41) is 12.4. The zero-order valence-electron chi connectivity index (χ0n) is 14.7. The van der Waals surface area contributed by atoms with E-state index in [2.05, 4.69) is 10.3 Å². The van der Waals surface area contributed by atoms with Gasteiger partial charge in [-0.1, -0.05) is 12.1 Å². The first kappa shape index (κ1) is 18.5. The van der Waals surface area contributed by atoms with Gasteiger partial charge in [0.15, 0.2) is 0 Å². The number of carbonyl (C=O) groups excluding carboxylic acids is 1. The molecule has 1 N–H and O–H groups in total. The van der Waals surface area contributed by atoms with Crippen LogP contribution in [-0.2, 0) is 5.75 Å². The number of amides is 1. The van der Waals surface area contributed by atoms with E-state index in [9.17, 15) is 4.79 Å². The van der Waals surface area contributed by atoms with Gasteiger partial charge >= 0.3 is 0 Å². The fourth-order valence-corrected chi connectivity index (χ4v) is 3.19. The Morgan fingerprint density at radius 1 is 1.15 bits per heavy atom. The molecule has 27 heavy (non-hydrogen) atoms. The maximum atomic E-state index is 12.4. The lowest BCUT2D eigenvalue weighted by Gasteiger charge is -2.07. The average Bonchev–Trinajstić information content (AvgIpc) is 2.73. The van der Waals surface area contributed by atoms with Gasteiger partial charge in [0.1, 0.15) is 5.75 Å². The molecule has 0 atom stereocenters. The Balaban J connectivity index is 1.63. The summed E-state index contributed by atoms with van der Waals surface area (Å²) >= 11 is 1.56. The summed E-state index contributed by atoms with van der Waals surface area (Å²) in [5.41, 5.74) is 2.87. The van der Waals surface area contributed by atoms with Crippen molar-refractivity contribution in [2.24, 2.45) is 0 Å². The number of nitrogens with one attached hydrogen (secondary N) is 1. The van der Waals surface area contributed by atoms with Gasteiger partial charge in [0.2, 0.25) is 0 Å². The monoisotopic (exact) mass is 375 g/mol. The van der Waals surface area contributed by atoms with E-state index in [4.69, 9.17) is 10.00 Å². The van der Waals surface area contributed by atoms with Crippen LogP contribution in [0.15, 0.2) is 71.9 Å². The minimum absolute atomic E-state index is 0.214. The Morgan fingerprint density at radius 2 is 1.89 bits per heavy atom. The van der Waals surface area contributed by atoms with Gasteiger partial charge in [-0.15, -0.1) is 11.8 Å². The van der Waals surface area contributed by atoms with Gasteiger partial charge in [0.05, 0.1) is 23.8 Å². The molecule has 1 amide bonds. The third-order valence-electron chi connectivity index (χ3n) is 3.81. The largest absolute Gasteiger partial charge is 0.497 e. The van der Waals surface area contributed by atoms with Crippen LogP contribution in [-0.4, -0.2) is 18.0 Å². The quantitative estimate of drug-likeness (QED) is 0.642. The number of rotatable bonds is 6. The second-order valence-electron chi connectivity index (χ2n) is 5.66. The molecule has 3 rings (SSSR count). The van der Waals surface area contributed by atoms with Crippen molar-refractivity contribution in [2.75, 3.05) is 12.4 Å². The third kappa shape index (κ3) is 5.09. The summed E-state index contributed by atoms with van der Waals surface area (Å²) in [5.74, 6) is 1.36. The molecule has 0 fully saturated rings. The van der Waals surface area contributed by atoms with Crippen molar-refractivity contribution in [3.63, 3.8) is 0 Å². The van der Waals surface area contributed by atoms with Crippen LogP contribution >= 0.6 is 11.8 Å². The van der Waals surface area contributed by atoms with Gasteiger partial charge in [-0.2, -0.15) is 5.26 Å². The fraction of sp³-hybridized carbons (Fsp3) is 0.0952. The van der Waals surface area contributed by atoms with Crippen LogP contribution in [0.25, 0.3) is 0 Å². The second kappa shape index (κ2) is 8.88. The Kier molecular flexibility index (Phi) is 6.08. The molecule has 0 spiro atoms. The van der Waals surface area contributed by atoms with Crippen molar-refractivity contribution < 1.29 is 9.53 Å². The Labute approximate surface area is 162 Å². The summed E-state index contributed by atoms with van der Waals surface area (Å²) < 4.78 is 5.16. The van der Waals surface area contributed by atoms with Crippen LogP contribution < -0.4 is 10.1 Å². The second-order valence-corrected chi connectivity index (χ2v) is 6.66. The van der Waals surface area contributed by atoms with Gasteiger partial charge in [-0.25, -0.2) is 4.98 Å². The third-order valence-corrected chi connectivity index (χ3v) is 4.81. The molecule has 0 aliphatic carbocycles. The lowest BCUT2D eigenvalue weighted by atomic mass is 10.2. The van der Waals surface area contributed by atoms with Crippen molar-refractivity contribution in [3.05, 3.63) is 83.6 Å². The minimum Gasteiger partial charge on any atom is -0.497 e. The lowest BCUT2D eigenvalue weighted by Crippen LogP contribution is -2.12. The highest BCUT2D eigenvalue weighted by molar-refractivity contribution is 7.98. The number of aromatic nitrogens is 1. The molecule has 0 saturated carbocycles. The predicted octanol–water partition coefficient (Wildman–Crippen LogP) is 4.51. The van der Waals surface area contributed by atoms with Gasteiger partial charge in [-0.3, -0.25) is 4.79 Å². The van der Waals surface area contributed by atoms with Crippen molar-refractivity contribution >= 4 is 23.4 Å². The van der Waals surface area contributed by atoms with E-state index in [0.29, 0.717) is 16.8 Å². The number of benzene rings is 2. The standard InChI is InChI=1S/C21H17N3O2S/c1-26-19-8-4-16(5-9-19)14-27-20-12-17(10-11-23-20)21(25)24-18-6-2-15(13-22)3-7-18/h2-12H,14H2,1H3,(H,24,25). The van der Waals surface area contributed by atoms with E-state index in [1.165, 1.54) is 0 Å². The number of methoxy groups -OCH3 is 1. The molecule has 2 aromatic carbocycles. The number of hydrogen-bond donors (Lipinski definition) is 1. The molecule has 5 nitrogen and oxygen atoms in total. The zero-order valence-corrected chi connectivity index (χ0v) is 15.5. The van der Waals surface area contributed by atoms with Crippen molar-refractivity contribution in [2.45, 2.75) is 10.8 Å². The normalized spacial score (nSPS) is 10.1. The molecule has 0 radical (unpaired) electrons. The topological polar surface area (TPSA) is 75.0 Å². The number of pyridine rings is 1. The molecule has 3 aromatic rings. The molecule has 0 saturated heterocycles. The molecule has 0 bridgehead atoms. The number of hydrogen-bond acceptors (Lipinski definition) is 5. The highest BCUT2D eigenvalue weighted by atomic mass is 32.2. The molecule has 0 aliphatic heterocycles. The molecular formula is C21H17N3O2S. The number of carbonyl (C=O) groups is 1. The Morgan fingerprint density at radius 3 is 2.56 bits per heavy atom. The molecule has 0 aliphatic rings. The van der Waals surface area contributed by atoms with Crippen LogP contribution in [0.3, 0.4) is 0 Å². The number of anilines is 1. The summed E-state index contributed by atoms with van der Waals surface area (Å²) in [7, 11) is 1.64. The average molecular weight is 375 g/mol. The molecular weight excluding hydrogens is 358 g/mol. The van der Waals surface area contributed by atoms with E-state index in [1.807, 2.05) is 30.3 Å². The Hall–Kier alpha value is -3.30. The Bertz CT molecular complexity index is 964. The maximum absolute atomic E-state index is 12.4. The van der Waals surface area contributed by atoms with Crippen LogP contribution in [0.4, 0.5) is 5.69 Å². The van der Waals surface area contributed by atoms with E-state index < -0.39 is 0 Å². The SMILES string of the molecule is COc1ccc(CSc2cc(C(=O)Nc3ccc(C#N)cc3)ccn2)cc1. The first-order valence-corrected chi connectivity index (χ1v) is 9.20. The van der Waals surface area contributed by atoms with E-state index >= 15 is 0 Å². The summed E-state index contributed by atoms with van der Waals surface area (Å²) in [6, 6.07) is 20.1. The van der Waals surface area contributed by atoms with E-state index in [0.717, 1.165) is 22.1 Å². The number of thioether (sulfide) groups is 1. The van der Waals surface area contributed by atoms with Gasteiger partial charge < -0.3 is 10.1 Å². The first-order valence-electron chi connectivity index (χ1n) is 8.21. The van der Waals surface area contributed by atoms with E-state index in [1.54, 1.807) is 61.5 Å². The van der Waals surface area contributed by atoms with Crippen LogP contribution in [0.5, 0.6) is 5.75 Å². The first-order chi connectivity index (χ1) is 13.2. The van der Waals surface area contributed by atoms with Crippen LogP contribution in [0, 0.1) is 11.3 Å². The highest BCUT2D eigenvalue weighted by Crippen LogP contribution is 2.23. The predicted molar refractivity (Wildman–Crippen MR) is 106 cm³/mol. The molecule has 134 valence electrons. The van der Waals surface area contributed by atoms with E-state index in [-0.39, 0.29) is 5.91 Å². The number of ether oxygens (including phenoxy) is 1. The summed E-state index contributed by atoms with van der Waals surface area (Å²) in [6.45, 7) is 0. The van der Waals surface area contributed by atoms with Crippen LogP contribution in [0.2, 0.25) is 0 Å². The lowest BCUT2D eigenvalue weighted by molar-refractivity contribution is 0.102. The van der Waals surface area contributed by atoms with Gasteiger partial charge in [0.25, 0.3) is 5.91 Å². The minimum atomic E-state index is -0.214. The maximum Gasteiger partial charge on any atom is 0.255 e. The van der Waals surface area contributed by atoms with Crippen molar-refractivity contribution in [1.82, 2.24) is 4.98 Å². The number of nitrogens with zero attached hydrogens (tertiary/aromatic N) is 2. The highest BCUT2D eigenvalue weighted by Gasteiger charge is 2.08. The van der Waals surface area contributed by atoms with Crippen molar-refractivity contribution in [3.8, 4) is 11.8 Å². The van der Waals surface area contributed by atoms with Gasteiger partial charge in [0, 0.05) is 23.2 Å². The number of nitriles is 1. The molecule has 1 heterocycles. The van der Waals surface area contributed by atoms with Crippen LogP contribution in [0.1, 0.15) is 21.5 Å². The van der Waals surface area contributed by atoms with Crippen molar-refractivity contribution in [1.29, 1.82) is 5.26 Å². The molecule has 1 aromatic heterocycles. The fourth-order valence-electron chi connectivity index (χ4n) is 2.34. The summed E-state index contributed by atoms with van der Waals surface area (Å²) in [4.78, 5) is 16.8.